The molecule has 0 atom stereocenters. The van der Waals surface area contributed by atoms with Crippen LogP contribution in [-0.4, -0.2) is 62.2 Å². The molecule has 0 spiro atoms. The number of piperazine rings is 1. The Balaban J connectivity index is 1.56. The highest BCUT2D eigenvalue weighted by molar-refractivity contribution is 7.89. The summed E-state index contributed by atoms with van der Waals surface area (Å²) < 4.78 is 52.4. The van der Waals surface area contributed by atoms with E-state index in [0.717, 1.165) is 29.3 Å². The van der Waals surface area contributed by atoms with Gasteiger partial charge in [-0.1, -0.05) is 0 Å². The van der Waals surface area contributed by atoms with Gasteiger partial charge in [0.1, 0.15) is 0 Å². The number of hydrogen-bond acceptors (Lipinski definition) is 4. The summed E-state index contributed by atoms with van der Waals surface area (Å²) in [6.45, 7) is 0.320. The van der Waals surface area contributed by atoms with Crippen LogP contribution >= 0.6 is 0 Å². The zero-order valence-corrected chi connectivity index (χ0v) is 14.8. The fraction of sp³-hybridized carbons (Fsp3) is 0.500. The third kappa shape index (κ3) is 4.01. The Morgan fingerprint density at radius 3 is 2.31 bits per heavy atom. The van der Waals surface area contributed by atoms with Crippen LogP contribution in [0.5, 0.6) is 0 Å². The number of nitrogens with zero attached hydrogens (tertiary/aromatic N) is 2. The first-order valence-electron chi connectivity index (χ1n) is 8.30. The predicted octanol–water partition coefficient (Wildman–Crippen LogP) is 0.324. The van der Waals surface area contributed by atoms with Gasteiger partial charge in [-0.25, -0.2) is 17.2 Å². The topological polar surface area (TPSA) is 86.8 Å². The number of sulfonamides is 1. The number of amides is 2. The lowest BCUT2D eigenvalue weighted by atomic mass is 10.3. The second-order valence-electron chi connectivity index (χ2n) is 6.35. The zero-order chi connectivity index (χ0) is 18.9. The van der Waals surface area contributed by atoms with Gasteiger partial charge in [-0.2, -0.15) is 4.31 Å². The van der Waals surface area contributed by atoms with Crippen LogP contribution in [0.25, 0.3) is 0 Å². The van der Waals surface area contributed by atoms with Gasteiger partial charge >= 0.3 is 0 Å². The van der Waals surface area contributed by atoms with E-state index in [1.54, 1.807) is 0 Å². The van der Waals surface area contributed by atoms with Crippen molar-refractivity contribution in [1.29, 1.82) is 0 Å². The van der Waals surface area contributed by atoms with Crippen molar-refractivity contribution in [3.63, 3.8) is 0 Å². The van der Waals surface area contributed by atoms with Crippen molar-refractivity contribution in [2.24, 2.45) is 5.92 Å². The molecule has 10 heteroatoms. The second kappa shape index (κ2) is 7.28. The van der Waals surface area contributed by atoms with Gasteiger partial charge in [-0.15, -0.1) is 0 Å². The Hall–Kier alpha value is -2.07. The second-order valence-corrected chi connectivity index (χ2v) is 8.29. The molecule has 26 heavy (non-hydrogen) atoms. The number of nitrogens with one attached hydrogen (secondary N) is 1. The largest absolute Gasteiger partial charge is 0.347 e. The van der Waals surface area contributed by atoms with Crippen LogP contribution in [0.1, 0.15) is 12.8 Å². The zero-order valence-electron chi connectivity index (χ0n) is 14.0. The fourth-order valence-electron chi connectivity index (χ4n) is 2.73. The highest BCUT2D eigenvalue weighted by Gasteiger charge is 2.32. The Morgan fingerprint density at radius 1 is 1.08 bits per heavy atom. The minimum atomic E-state index is -3.96. The molecule has 1 aromatic carbocycles. The first kappa shape index (κ1) is 18.7. The lowest BCUT2D eigenvalue weighted by molar-refractivity contribution is -0.134. The molecule has 3 rings (SSSR count). The number of hydrogen-bond donors (Lipinski definition) is 1. The van der Waals surface area contributed by atoms with E-state index in [9.17, 15) is 26.8 Å². The van der Waals surface area contributed by atoms with Crippen LogP contribution in [0, 0.1) is 17.6 Å². The van der Waals surface area contributed by atoms with Gasteiger partial charge < -0.3 is 10.2 Å². The summed E-state index contributed by atoms with van der Waals surface area (Å²) in [5, 5.41) is 2.58. The Bertz CT molecular complexity index is 819. The van der Waals surface area contributed by atoms with Gasteiger partial charge in [0.25, 0.3) is 0 Å². The molecule has 1 saturated heterocycles. The SMILES string of the molecule is O=C(NCC(=O)N1CCN(S(=O)(=O)c2ccc(F)c(F)c2)CC1)C1CC1. The maximum absolute atomic E-state index is 13.3. The van der Waals surface area contributed by atoms with Crippen LogP contribution in [0.15, 0.2) is 23.1 Å². The quantitative estimate of drug-likeness (QED) is 0.789. The van der Waals surface area contributed by atoms with E-state index in [2.05, 4.69) is 5.32 Å². The molecular formula is C16H19F2N3O4S. The summed E-state index contributed by atoms with van der Waals surface area (Å²) in [5.74, 6) is -2.73. The van der Waals surface area contributed by atoms with Crippen LogP contribution in [0.2, 0.25) is 0 Å². The molecule has 0 bridgehead atoms. The van der Waals surface area contributed by atoms with Gasteiger partial charge in [-0.3, -0.25) is 9.59 Å². The summed E-state index contributed by atoms with van der Waals surface area (Å²) in [6.07, 6.45) is 1.70. The molecule has 0 unspecified atom stereocenters. The number of carbonyl (C=O) groups is 2. The van der Waals surface area contributed by atoms with Crippen molar-refractivity contribution >= 4 is 21.8 Å². The van der Waals surface area contributed by atoms with E-state index in [1.807, 2.05) is 0 Å². The highest BCUT2D eigenvalue weighted by atomic mass is 32.2. The number of halogens is 2. The molecule has 1 N–H and O–H groups in total. The number of rotatable bonds is 5. The molecule has 2 aliphatic rings. The van der Waals surface area contributed by atoms with Crippen LogP contribution in [0.4, 0.5) is 8.78 Å². The average molecular weight is 387 g/mol. The van der Waals surface area contributed by atoms with Gasteiger partial charge in [0.2, 0.25) is 21.8 Å². The molecule has 1 aliphatic heterocycles. The van der Waals surface area contributed by atoms with Crippen molar-refractivity contribution in [2.45, 2.75) is 17.7 Å². The molecular weight excluding hydrogens is 368 g/mol. The average Bonchev–Trinajstić information content (AvgIpc) is 3.47. The Kier molecular flexibility index (Phi) is 5.24. The van der Waals surface area contributed by atoms with Gasteiger partial charge in [0.05, 0.1) is 11.4 Å². The van der Waals surface area contributed by atoms with Gasteiger partial charge in [-0.05, 0) is 31.0 Å². The molecule has 0 radical (unpaired) electrons. The van der Waals surface area contributed by atoms with E-state index in [1.165, 1.54) is 4.90 Å². The molecule has 142 valence electrons. The summed E-state index contributed by atoms with van der Waals surface area (Å²) in [4.78, 5) is 24.8. The summed E-state index contributed by atoms with van der Waals surface area (Å²) in [6, 6.07) is 2.43. The minimum Gasteiger partial charge on any atom is -0.347 e. The number of benzene rings is 1. The van der Waals surface area contributed by atoms with Gasteiger partial charge in [0, 0.05) is 32.1 Å². The lowest BCUT2D eigenvalue weighted by Crippen LogP contribution is -2.52. The van der Waals surface area contributed by atoms with Crippen molar-refractivity contribution in [1.82, 2.24) is 14.5 Å². The van der Waals surface area contributed by atoms with Gasteiger partial charge in [0.15, 0.2) is 11.6 Å². The summed E-state index contributed by atoms with van der Waals surface area (Å²) in [5.41, 5.74) is 0. The third-order valence-corrected chi connectivity index (χ3v) is 6.38. The standard InChI is InChI=1S/C16H19F2N3O4S/c17-13-4-3-12(9-14(13)18)26(24,25)21-7-5-20(6-8-21)15(22)10-19-16(23)11-1-2-11/h3-4,9,11H,1-2,5-8,10H2,(H,19,23). The smallest absolute Gasteiger partial charge is 0.243 e. The van der Waals surface area contributed by atoms with E-state index in [4.69, 9.17) is 0 Å². The molecule has 1 aromatic rings. The molecule has 2 amide bonds. The van der Waals surface area contributed by atoms with Crippen molar-refractivity contribution in [3.05, 3.63) is 29.8 Å². The lowest BCUT2D eigenvalue weighted by Gasteiger charge is -2.34. The minimum absolute atomic E-state index is 0.0147. The molecule has 0 aromatic heterocycles. The first-order valence-corrected chi connectivity index (χ1v) is 9.74. The third-order valence-electron chi connectivity index (χ3n) is 4.48. The van der Waals surface area contributed by atoms with Crippen molar-refractivity contribution in [2.75, 3.05) is 32.7 Å². The first-order chi connectivity index (χ1) is 12.3. The normalized spacial score (nSPS) is 18.6. The number of carbonyl (C=O) groups excluding carboxylic acids is 2. The Morgan fingerprint density at radius 2 is 1.73 bits per heavy atom. The van der Waals surface area contributed by atoms with E-state index in [-0.39, 0.29) is 55.4 Å². The van der Waals surface area contributed by atoms with Crippen molar-refractivity contribution in [3.8, 4) is 0 Å². The van der Waals surface area contributed by atoms with Crippen LogP contribution < -0.4 is 5.32 Å². The summed E-state index contributed by atoms with van der Waals surface area (Å²) >= 11 is 0. The van der Waals surface area contributed by atoms with Crippen molar-refractivity contribution < 1.29 is 26.8 Å². The monoisotopic (exact) mass is 387 g/mol. The highest BCUT2D eigenvalue weighted by Crippen LogP contribution is 2.28. The molecule has 1 aliphatic carbocycles. The molecule has 7 nitrogen and oxygen atoms in total. The van der Waals surface area contributed by atoms with Crippen LogP contribution in [-0.2, 0) is 19.6 Å². The molecule has 1 saturated carbocycles. The maximum atomic E-state index is 13.3. The molecule has 2 fully saturated rings. The Labute approximate surface area is 150 Å². The maximum Gasteiger partial charge on any atom is 0.243 e. The van der Waals surface area contributed by atoms with Crippen LogP contribution in [0.3, 0.4) is 0 Å². The fourth-order valence-corrected chi connectivity index (χ4v) is 4.16. The van der Waals surface area contributed by atoms with E-state index in [0.29, 0.717) is 6.07 Å². The molecule has 1 heterocycles. The van der Waals surface area contributed by atoms with E-state index >= 15 is 0 Å². The predicted molar refractivity (Wildman–Crippen MR) is 87.4 cm³/mol. The van der Waals surface area contributed by atoms with E-state index < -0.39 is 21.7 Å². The summed E-state index contributed by atoms with van der Waals surface area (Å²) in [7, 11) is -3.96.